The number of carbonyl (C=O) groups excluding carboxylic acids is 6. The van der Waals surface area contributed by atoms with Crippen LogP contribution >= 0.6 is 0 Å². The molecule has 0 aromatic heterocycles. The van der Waals surface area contributed by atoms with Crippen LogP contribution in [0.5, 0.6) is 0 Å². The van der Waals surface area contributed by atoms with Crippen molar-refractivity contribution in [2.45, 2.75) is 90.4 Å². The molecule has 1 saturated carbocycles. The van der Waals surface area contributed by atoms with Crippen molar-refractivity contribution in [3.63, 3.8) is 0 Å². The highest BCUT2D eigenvalue weighted by Crippen LogP contribution is 2.29. The highest BCUT2D eigenvalue weighted by Gasteiger charge is 2.50. The van der Waals surface area contributed by atoms with Crippen molar-refractivity contribution in [3.8, 4) is 0 Å². The summed E-state index contributed by atoms with van der Waals surface area (Å²) in [5, 5.41) is 5.40. The van der Waals surface area contributed by atoms with Crippen molar-refractivity contribution in [3.05, 3.63) is 35.9 Å². The van der Waals surface area contributed by atoms with Crippen molar-refractivity contribution in [1.29, 1.82) is 0 Å². The van der Waals surface area contributed by atoms with Gasteiger partial charge >= 0.3 is 23.9 Å². The van der Waals surface area contributed by atoms with Crippen LogP contribution in [-0.2, 0) is 54.1 Å². The van der Waals surface area contributed by atoms with E-state index in [0.717, 1.165) is 13.8 Å². The van der Waals surface area contributed by atoms with E-state index < -0.39 is 72.2 Å². The quantitative estimate of drug-likeness (QED) is 0.359. The molecule has 2 rings (SSSR count). The minimum atomic E-state index is -1.43. The predicted molar refractivity (Wildman–Crippen MR) is 131 cm³/mol. The van der Waals surface area contributed by atoms with Crippen molar-refractivity contribution < 1.29 is 47.7 Å². The standard InChI is InChI=1S/C26H34N2O10/c1-14(29)27-23-20(35-15(2)30)11-12-21(36-16(3)31)24(26(38-18(5)33)25(23)37-17(4)32)28-22(34)13-19-9-7-6-8-10-19/h6-10,20-21,23-26H,11-13H2,1-5H3,(H,27,29)(H,28,34)/t20-,21+,23+,24-,25+,26-/m1/s1. The van der Waals surface area contributed by atoms with Gasteiger partial charge in [-0.15, -0.1) is 0 Å². The molecule has 208 valence electrons. The summed E-state index contributed by atoms with van der Waals surface area (Å²) in [7, 11) is 0. The maximum Gasteiger partial charge on any atom is 0.303 e. The maximum atomic E-state index is 13.1. The number of benzene rings is 1. The van der Waals surface area contributed by atoms with E-state index in [9.17, 15) is 28.8 Å². The van der Waals surface area contributed by atoms with Crippen molar-refractivity contribution in [2.24, 2.45) is 0 Å². The highest BCUT2D eigenvalue weighted by atomic mass is 16.6. The molecule has 0 spiro atoms. The van der Waals surface area contributed by atoms with E-state index >= 15 is 0 Å². The summed E-state index contributed by atoms with van der Waals surface area (Å²) in [6.45, 7) is 5.79. The van der Waals surface area contributed by atoms with Crippen LogP contribution < -0.4 is 10.6 Å². The number of rotatable bonds is 8. The summed E-state index contributed by atoms with van der Waals surface area (Å²) in [6.07, 6.45) is -4.91. The summed E-state index contributed by atoms with van der Waals surface area (Å²) >= 11 is 0. The molecule has 0 saturated heterocycles. The molecule has 1 aliphatic carbocycles. The SMILES string of the molecule is CC(=O)N[C@@H]1[C@H](OC(C)=O)[C@H](OC(C)=O)[C@H](NC(=O)Cc2ccccc2)[C@@H](OC(C)=O)CC[C@H]1OC(C)=O. The van der Waals surface area contributed by atoms with Gasteiger partial charge in [0, 0.05) is 34.6 Å². The van der Waals surface area contributed by atoms with Gasteiger partial charge in [-0.3, -0.25) is 28.8 Å². The van der Waals surface area contributed by atoms with Crippen molar-refractivity contribution in [1.82, 2.24) is 10.6 Å². The molecule has 0 heterocycles. The lowest BCUT2D eigenvalue weighted by molar-refractivity contribution is -0.187. The molecular weight excluding hydrogens is 500 g/mol. The Labute approximate surface area is 220 Å². The molecule has 12 heteroatoms. The first-order valence-electron chi connectivity index (χ1n) is 12.2. The fourth-order valence-corrected chi connectivity index (χ4v) is 4.48. The van der Waals surface area contributed by atoms with Crippen LogP contribution in [-0.4, -0.2) is 72.2 Å². The van der Waals surface area contributed by atoms with Gasteiger partial charge in [-0.25, -0.2) is 0 Å². The average molecular weight is 535 g/mol. The van der Waals surface area contributed by atoms with Gasteiger partial charge in [0.05, 0.1) is 6.42 Å². The lowest BCUT2D eigenvalue weighted by atomic mass is 9.84. The van der Waals surface area contributed by atoms with Gasteiger partial charge in [0.15, 0.2) is 12.2 Å². The fourth-order valence-electron chi connectivity index (χ4n) is 4.48. The largest absolute Gasteiger partial charge is 0.460 e. The van der Waals surface area contributed by atoms with E-state index in [-0.39, 0.29) is 19.3 Å². The molecule has 6 atom stereocenters. The Hall–Kier alpha value is -3.96. The zero-order valence-corrected chi connectivity index (χ0v) is 22.1. The van der Waals surface area contributed by atoms with Crippen LogP contribution in [0.4, 0.5) is 0 Å². The Bertz CT molecular complexity index is 1030. The van der Waals surface area contributed by atoms with E-state index in [2.05, 4.69) is 10.6 Å². The first kappa shape index (κ1) is 30.3. The summed E-state index contributed by atoms with van der Waals surface area (Å²) < 4.78 is 22.1. The molecule has 1 fully saturated rings. The van der Waals surface area contributed by atoms with E-state index in [0.29, 0.717) is 5.56 Å². The van der Waals surface area contributed by atoms with Gasteiger partial charge in [0.1, 0.15) is 24.3 Å². The Balaban J connectivity index is 2.61. The molecule has 0 aliphatic heterocycles. The van der Waals surface area contributed by atoms with E-state index in [1.54, 1.807) is 30.3 Å². The second kappa shape index (κ2) is 14.1. The van der Waals surface area contributed by atoms with Crippen molar-refractivity contribution >= 4 is 35.7 Å². The summed E-state index contributed by atoms with van der Waals surface area (Å²) in [5.41, 5.74) is 0.700. The average Bonchev–Trinajstić information content (AvgIpc) is 2.79. The first-order valence-corrected chi connectivity index (χ1v) is 12.2. The Kier molecular flexibility index (Phi) is 11.2. The third-order valence-electron chi connectivity index (χ3n) is 5.71. The minimum absolute atomic E-state index is 0.0413. The first-order chi connectivity index (χ1) is 17.9. The van der Waals surface area contributed by atoms with Crippen LogP contribution in [0, 0.1) is 0 Å². The number of amides is 2. The molecule has 2 N–H and O–H groups in total. The minimum Gasteiger partial charge on any atom is -0.460 e. The molecular formula is C26H34N2O10. The van der Waals surface area contributed by atoms with E-state index in [1.807, 2.05) is 0 Å². The molecule has 1 aliphatic rings. The van der Waals surface area contributed by atoms with Gasteiger partial charge in [0.25, 0.3) is 0 Å². The van der Waals surface area contributed by atoms with Gasteiger partial charge in [-0.05, 0) is 18.4 Å². The monoisotopic (exact) mass is 534 g/mol. The number of nitrogens with one attached hydrogen (secondary N) is 2. The predicted octanol–water partition coefficient (Wildman–Crippen LogP) is 0.739. The van der Waals surface area contributed by atoms with Crippen LogP contribution in [0.3, 0.4) is 0 Å². The molecule has 12 nitrogen and oxygen atoms in total. The lowest BCUT2D eigenvalue weighted by Gasteiger charge is -2.43. The topological polar surface area (TPSA) is 163 Å². The number of esters is 4. The number of carbonyl (C=O) groups is 6. The fraction of sp³-hybridized carbons (Fsp3) is 0.538. The van der Waals surface area contributed by atoms with E-state index in [4.69, 9.17) is 18.9 Å². The van der Waals surface area contributed by atoms with Crippen LogP contribution in [0.25, 0.3) is 0 Å². The van der Waals surface area contributed by atoms with Gasteiger partial charge in [0.2, 0.25) is 11.8 Å². The summed E-state index contributed by atoms with van der Waals surface area (Å²) in [4.78, 5) is 73.6. The van der Waals surface area contributed by atoms with Crippen LogP contribution in [0.2, 0.25) is 0 Å². The number of hydrogen-bond donors (Lipinski definition) is 2. The molecule has 38 heavy (non-hydrogen) atoms. The number of hydrogen-bond acceptors (Lipinski definition) is 10. The third-order valence-corrected chi connectivity index (χ3v) is 5.71. The Morgan fingerprint density at radius 2 is 1.08 bits per heavy atom. The number of ether oxygens (including phenoxy) is 4. The summed E-state index contributed by atoms with van der Waals surface area (Å²) in [6, 6.07) is 6.51. The second-order valence-corrected chi connectivity index (χ2v) is 9.00. The van der Waals surface area contributed by atoms with Gasteiger partial charge in [-0.1, -0.05) is 30.3 Å². The normalized spacial score (nSPS) is 25.0. The van der Waals surface area contributed by atoms with E-state index in [1.165, 1.54) is 20.8 Å². The molecule has 0 radical (unpaired) electrons. The van der Waals surface area contributed by atoms with Gasteiger partial charge < -0.3 is 29.6 Å². The van der Waals surface area contributed by atoms with Crippen LogP contribution in [0.1, 0.15) is 53.0 Å². The molecule has 0 unspecified atom stereocenters. The summed E-state index contributed by atoms with van der Waals surface area (Å²) in [5.74, 6) is -3.94. The molecule has 1 aromatic rings. The lowest BCUT2D eigenvalue weighted by Crippen LogP contribution is -2.66. The van der Waals surface area contributed by atoms with Gasteiger partial charge in [-0.2, -0.15) is 0 Å². The molecule has 1 aromatic carbocycles. The molecule has 2 amide bonds. The maximum absolute atomic E-state index is 13.1. The third kappa shape index (κ3) is 9.49. The van der Waals surface area contributed by atoms with Crippen LogP contribution in [0.15, 0.2) is 30.3 Å². The Morgan fingerprint density at radius 1 is 0.658 bits per heavy atom. The van der Waals surface area contributed by atoms with Crippen molar-refractivity contribution in [2.75, 3.05) is 0 Å². The zero-order chi connectivity index (χ0) is 28.4. The second-order valence-electron chi connectivity index (χ2n) is 9.00. The Morgan fingerprint density at radius 3 is 1.47 bits per heavy atom. The smallest absolute Gasteiger partial charge is 0.303 e. The molecule has 0 bridgehead atoms. The zero-order valence-electron chi connectivity index (χ0n) is 22.1. The highest BCUT2D eigenvalue weighted by molar-refractivity contribution is 5.79.